The first-order chi connectivity index (χ1) is 11.5. The molecule has 132 valence electrons. The summed E-state index contributed by atoms with van der Waals surface area (Å²) in [5, 5.41) is 8.55. The Balaban J connectivity index is 2.36. The molecule has 5 nitrogen and oxygen atoms in total. The molecule has 0 aromatic heterocycles. The van der Waals surface area contributed by atoms with Gasteiger partial charge in [0, 0.05) is 29.3 Å². The molecule has 1 fully saturated rings. The third kappa shape index (κ3) is 3.79. The summed E-state index contributed by atoms with van der Waals surface area (Å²) in [6, 6.07) is 7.43. The van der Waals surface area contributed by atoms with E-state index in [0.29, 0.717) is 18.2 Å². The highest BCUT2D eigenvalue weighted by Gasteiger charge is 2.46. The van der Waals surface area contributed by atoms with Crippen LogP contribution in [0.2, 0.25) is 5.02 Å². The Labute approximate surface area is 148 Å². The summed E-state index contributed by atoms with van der Waals surface area (Å²) in [4.78, 5) is 14.4. The van der Waals surface area contributed by atoms with E-state index in [4.69, 9.17) is 27.5 Å². The van der Waals surface area contributed by atoms with Crippen LogP contribution >= 0.6 is 11.6 Å². The van der Waals surface area contributed by atoms with E-state index in [2.05, 4.69) is 0 Å². The Morgan fingerprint density at radius 1 is 1.54 bits per heavy atom. The highest BCUT2D eigenvalue weighted by atomic mass is 35.5. The molecule has 1 aromatic rings. The predicted octanol–water partition coefficient (Wildman–Crippen LogP) is 3.02. The summed E-state index contributed by atoms with van der Waals surface area (Å²) >= 11 is 6.12. The minimum atomic E-state index is -0.534. The first-order valence-corrected chi connectivity index (χ1v) is 8.70. The fourth-order valence-corrected chi connectivity index (χ4v) is 3.71. The lowest BCUT2D eigenvalue weighted by atomic mass is 9.82. The zero-order valence-corrected chi connectivity index (χ0v) is 15.1. The number of nitrogens with zero attached hydrogens (tertiary/aromatic N) is 1. The topological polar surface area (TPSA) is 79.4 Å². The number of carbonyl (C=O) groups is 1. The molecule has 6 heteroatoms. The quantitative estimate of drug-likeness (QED) is 0.741. The van der Waals surface area contributed by atoms with Gasteiger partial charge in [-0.05, 0) is 37.5 Å². The molecule has 0 aliphatic carbocycles. The maximum atomic E-state index is 12.6. The second-order valence-corrected chi connectivity index (χ2v) is 6.89. The van der Waals surface area contributed by atoms with E-state index >= 15 is 0 Å². The summed E-state index contributed by atoms with van der Waals surface area (Å²) < 4.78 is 5.58. The summed E-state index contributed by atoms with van der Waals surface area (Å²) in [5.41, 5.74) is 6.14. The molecule has 1 heterocycles. The van der Waals surface area contributed by atoms with Crippen LogP contribution in [-0.4, -0.2) is 42.8 Å². The van der Waals surface area contributed by atoms with Crippen molar-refractivity contribution in [1.29, 1.82) is 5.41 Å². The molecule has 2 unspecified atom stereocenters. The molecule has 0 radical (unpaired) electrons. The highest BCUT2D eigenvalue weighted by molar-refractivity contribution is 6.30. The van der Waals surface area contributed by atoms with Gasteiger partial charge in [-0.3, -0.25) is 4.79 Å². The SMILES string of the molecule is CCOCC(C)(C=N)C1CC[C@@H](c2cccc(Cl)c2)N1C(=O)CN. The van der Waals surface area contributed by atoms with Gasteiger partial charge >= 0.3 is 0 Å². The van der Waals surface area contributed by atoms with E-state index in [0.717, 1.165) is 18.4 Å². The van der Waals surface area contributed by atoms with Crippen molar-refractivity contribution < 1.29 is 9.53 Å². The number of rotatable bonds is 7. The van der Waals surface area contributed by atoms with Crippen molar-refractivity contribution in [3.63, 3.8) is 0 Å². The average Bonchev–Trinajstić information content (AvgIpc) is 3.04. The number of nitrogens with one attached hydrogen (secondary N) is 1. The first-order valence-electron chi connectivity index (χ1n) is 8.33. The normalized spacial score (nSPS) is 23.1. The van der Waals surface area contributed by atoms with Gasteiger partial charge in [-0.1, -0.05) is 30.7 Å². The van der Waals surface area contributed by atoms with E-state index in [1.54, 1.807) is 0 Å². The molecule has 24 heavy (non-hydrogen) atoms. The molecule has 0 spiro atoms. The number of hydrogen-bond donors (Lipinski definition) is 2. The lowest BCUT2D eigenvalue weighted by Gasteiger charge is -2.39. The van der Waals surface area contributed by atoms with Crippen molar-refractivity contribution in [3.8, 4) is 0 Å². The fourth-order valence-electron chi connectivity index (χ4n) is 3.51. The molecule has 1 aliphatic heterocycles. The monoisotopic (exact) mass is 351 g/mol. The van der Waals surface area contributed by atoms with Crippen molar-refractivity contribution in [3.05, 3.63) is 34.9 Å². The Morgan fingerprint density at radius 2 is 2.29 bits per heavy atom. The molecule has 3 atom stereocenters. The Kier molecular flexibility index (Phi) is 6.38. The minimum Gasteiger partial charge on any atom is -0.381 e. The van der Waals surface area contributed by atoms with Crippen LogP contribution in [0.4, 0.5) is 0 Å². The van der Waals surface area contributed by atoms with Crippen molar-refractivity contribution in [2.45, 2.75) is 38.8 Å². The van der Waals surface area contributed by atoms with Crippen LogP contribution in [0.3, 0.4) is 0 Å². The number of likely N-dealkylation sites (tertiary alicyclic amines) is 1. The van der Waals surface area contributed by atoms with Gasteiger partial charge in [0.25, 0.3) is 0 Å². The number of ether oxygens (including phenoxy) is 1. The largest absolute Gasteiger partial charge is 0.381 e. The van der Waals surface area contributed by atoms with Crippen LogP contribution in [-0.2, 0) is 9.53 Å². The van der Waals surface area contributed by atoms with Gasteiger partial charge in [0.1, 0.15) is 0 Å². The maximum absolute atomic E-state index is 12.6. The van der Waals surface area contributed by atoms with E-state index in [9.17, 15) is 4.79 Å². The van der Waals surface area contributed by atoms with Gasteiger partial charge in [0.2, 0.25) is 5.91 Å². The zero-order valence-electron chi connectivity index (χ0n) is 14.3. The van der Waals surface area contributed by atoms with Crippen molar-refractivity contribution in [1.82, 2.24) is 4.90 Å². The smallest absolute Gasteiger partial charge is 0.237 e. The number of amides is 1. The van der Waals surface area contributed by atoms with Crippen LogP contribution in [0.5, 0.6) is 0 Å². The second-order valence-electron chi connectivity index (χ2n) is 6.46. The summed E-state index contributed by atoms with van der Waals surface area (Å²) in [6.07, 6.45) is 3.04. The number of carbonyl (C=O) groups excluding carboxylic acids is 1. The van der Waals surface area contributed by atoms with Crippen LogP contribution < -0.4 is 5.73 Å². The van der Waals surface area contributed by atoms with E-state index in [-0.39, 0.29) is 24.5 Å². The zero-order chi connectivity index (χ0) is 17.7. The van der Waals surface area contributed by atoms with E-state index in [1.807, 2.05) is 43.0 Å². The van der Waals surface area contributed by atoms with E-state index < -0.39 is 5.41 Å². The van der Waals surface area contributed by atoms with Crippen molar-refractivity contribution >= 4 is 23.7 Å². The highest BCUT2D eigenvalue weighted by Crippen LogP contribution is 2.43. The lowest BCUT2D eigenvalue weighted by Crippen LogP contribution is -2.51. The number of benzene rings is 1. The predicted molar refractivity (Wildman–Crippen MR) is 96.5 cm³/mol. The third-order valence-electron chi connectivity index (χ3n) is 4.79. The summed E-state index contributed by atoms with van der Waals surface area (Å²) in [7, 11) is 0. The summed E-state index contributed by atoms with van der Waals surface area (Å²) in [5.74, 6) is -0.105. The number of halogens is 1. The van der Waals surface area contributed by atoms with Crippen molar-refractivity contribution in [2.24, 2.45) is 11.1 Å². The molecule has 1 saturated heterocycles. The lowest BCUT2D eigenvalue weighted by molar-refractivity contribution is -0.135. The van der Waals surface area contributed by atoms with Gasteiger partial charge in [0.15, 0.2) is 0 Å². The molecule has 2 rings (SSSR count). The average molecular weight is 352 g/mol. The standard InChI is InChI=1S/C18H26ClN3O2/c1-3-24-12-18(2,11-21)16-8-7-15(22(16)17(23)10-20)13-5-4-6-14(19)9-13/h4-6,9,11,15-16,21H,3,7-8,10,12,20H2,1-2H3/t15-,16?,18?/m0/s1. The molecular weight excluding hydrogens is 326 g/mol. The Morgan fingerprint density at radius 3 is 2.88 bits per heavy atom. The number of hydrogen-bond acceptors (Lipinski definition) is 4. The van der Waals surface area contributed by atoms with Gasteiger partial charge < -0.3 is 20.8 Å². The summed E-state index contributed by atoms with van der Waals surface area (Å²) in [6.45, 7) is 4.84. The maximum Gasteiger partial charge on any atom is 0.237 e. The molecule has 1 aliphatic rings. The van der Waals surface area contributed by atoms with Crippen LogP contribution in [0, 0.1) is 10.8 Å². The molecule has 0 saturated carbocycles. The van der Waals surface area contributed by atoms with Crippen LogP contribution in [0.25, 0.3) is 0 Å². The van der Waals surface area contributed by atoms with Crippen LogP contribution in [0.15, 0.2) is 24.3 Å². The molecular formula is C18H26ClN3O2. The van der Waals surface area contributed by atoms with Crippen molar-refractivity contribution in [2.75, 3.05) is 19.8 Å². The molecule has 1 aromatic carbocycles. The second kappa shape index (κ2) is 8.10. The number of nitrogens with two attached hydrogens (primary N) is 1. The van der Waals surface area contributed by atoms with Gasteiger partial charge in [-0.2, -0.15) is 0 Å². The van der Waals surface area contributed by atoms with Gasteiger partial charge in [-0.25, -0.2) is 0 Å². The van der Waals surface area contributed by atoms with E-state index in [1.165, 1.54) is 6.21 Å². The Hall–Kier alpha value is -1.43. The van der Waals surface area contributed by atoms with Crippen LogP contribution in [0.1, 0.15) is 38.3 Å². The molecule has 0 bridgehead atoms. The first kappa shape index (κ1) is 18.9. The molecule has 3 N–H and O–H groups in total. The fraction of sp³-hybridized carbons (Fsp3) is 0.556. The third-order valence-corrected chi connectivity index (χ3v) is 5.02. The van der Waals surface area contributed by atoms with Gasteiger partial charge in [0.05, 0.1) is 19.2 Å². The molecule has 1 amide bonds. The van der Waals surface area contributed by atoms with Gasteiger partial charge in [-0.15, -0.1) is 0 Å². The minimum absolute atomic E-state index is 0.0454. The Bertz CT molecular complexity index is 595.